The van der Waals surface area contributed by atoms with Crippen molar-refractivity contribution in [1.29, 1.82) is 0 Å². The lowest BCUT2D eigenvalue weighted by Gasteiger charge is -2.43. The van der Waals surface area contributed by atoms with E-state index in [1.54, 1.807) is 0 Å². The fraction of sp³-hybridized carbons (Fsp3) is 0.455. The van der Waals surface area contributed by atoms with E-state index in [0.29, 0.717) is 12.5 Å². The van der Waals surface area contributed by atoms with Gasteiger partial charge in [-0.15, -0.1) is 0 Å². The van der Waals surface area contributed by atoms with E-state index in [1.165, 1.54) is 10.4 Å². The smallest absolute Gasteiger partial charge is 0.264 e. The van der Waals surface area contributed by atoms with E-state index in [1.807, 2.05) is 12.1 Å². The third-order valence-electron chi connectivity index (χ3n) is 5.50. The second-order valence-corrected chi connectivity index (χ2v) is 14.7. The van der Waals surface area contributed by atoms with Gasteiger partial charge in [-0.05, 0) is 33.7 Å². The maximum absolute atomic E-state index is 11.2. The maximum Gasteiger partial charge on any atom is 0.264 e. The zero-order valence-electron chi connectivity index (χ0n) is 17.1. The second kappa shape index (κ2) is 8.11. The van der Waals surface area contributed by atoms with Crippen molar-refractivity contribution < 1.29 is 17.0 Å². The van der Waals surface area contributed by atoms with Crippen LogP contribution in [-0.2, 0) is 18.7 Å². The lowest BCUT2D eigenvalue weighted by molar-refractivity contribution is 0.250. The Morgan fingerprint density at radius 2 is 1.36 bits per heavy atom. The summed E-state index contributed by atoms with van der Waals surface area (Å²) in [4.78, 5) is 0. The molecule has 1 fully saturated rings. The molecule has 0 aliphatic heterocycles. The van der Waals surface area contributed by atoms with Crippen molar-refractivity contribution in [3.8, 4) is 0 Å². The standard InChI is InChI=1S/C22H30O4SSi/c1-22(2,3)28(20-11-7-5-8-12-20,21-13-9-6-10-14-21)26-17-19-15-18(19)16-25-27(4,23)24/h5-14,18-19H,15-17H2,1-4H3. The lowest BCUT2D eigenvalue weighted by Crippen LogP contribution is -2.66. The molecule has 0 heterocycles. The van der Waals surface area contributed by atoms with Crippen LogP contribution in [0.15, 0.2) is 60.7 Å². The highest BCUT2D eigenvalue weighted by molar-refractivity contribution is 7.85. The first kappa shape index (κ1) is 21.2. The average molecular weight is 419 g/mol. The summed E-state index contributed by atoms with van der Waals surface area (Å²) < 4.78 is 34.4. The van der Waals surface area contributed by atoms with Crippen LogP contribution in [0.25, 0.3) is 0 Å². The molecule has 6 heteroatoms. The molecule has 1 aliphatic rings. The predicted molar refractivity (Wildman–Crippen MR) is 116 cm³/mol. The first-order chi connectivity index (χ1) is 13.1. The van der Waals surface area contributed by atoms with E-state index >= 15 is 0 Å². The van der Waals surface area contributed by atoms with Crippen LogP contribution in [0.4, 0.5) is 0 Å². The first-order valence-corrected chi connectivity index (χ1v) is 13.5. The van der Waals surface area contributed by atoms with Crippen molar-refractivity contribution in [1.82, 2.24) is 0 Å². The number of benzene rings is 2. The molecule has 2 aromatic rings. The highest BCUT2D eigenvalue weighted by Crippen LogP contribution is 2.42. The number of hydrogen-bond acceptors (Lipinski definition) is 4. The van der Waals surface area contributed by atoms with Gasteiger partial charge in [-0.2, -0.15) is 8.42 Å². The third-order valence-corrected chi connectivity index (χ3v) is 11.1. The number of hydrogen-bond donors (Lipinski definition) is 0. The Morgan fingerprint density at radius 3 is 1.79 bits per heavy atom. The SMILES string of the molecule is CC(C)(C)[Si](OCC1CC1COS(C)(=O)=O)(c1ccccc1)c1ccccc1. The summed E-state index contributed by atoms with van der Waals surface area (Å²) in [5.41, 5.74) is 0. The molecule has 3 rings (SSSR count). The Kier molecular flexibility index (Phi) is 6.15. The molecule has 2 atom stereocenters. The molecule has 0 bridgehead atoms. The molecule has 2 unspecified atom stereocenters. The van der Waals surface area contributed by atoms with Crippen molar-refractivity contribution in [3.63, 3.8) is 0 Å². The lowest BCUT2D eigenvalue weighted by atomic mass is 10.2. The van der Waals surface area contributed by atoms with Crippen molar-refractivity contribution >= 4 is 28.8 Å². The Balaban J connectivity index is 1.86. The van der Waals surface area contributed by atoms with Crippen LogP contribution in [-0.4, -0.2) is 36.2 Å². The maximum atomic E-state index is 11.2. The van der Waals surface area contributed by atoms with E-state index in [4.69, 9.17) is 8.61 Å². The molecule has 4 nitrogen and oxygen atoms in total. The molecule has 1 saturated carbocycles. The van der Waals surface area contributed by atoms with Gasteiger partial charge in [-0.1, -0.05) is 81.4 Å². The Bertz CT molecular complexity index is 836. The molecule has 1 aliphatic carbocycles. The molecule has 0 radical (unpaired) electrons. The van der Waals surface area contributed by atoms with E-state index < -0.39 is 18.4 Å². The van der Waals surface area contributed by atoms with Crippen LogP contribution in [0.5, 0.6) is 0 Å². The van der Waals surface area contributed by atoms with E-state index in [9.17, 15) is 8.42 Å². The minimum atomic E-state index is -3.39. The highest BCUT2D eigenvalue weighted by Gasteiger charge is 2.51. The summed E-state index contributed by atoms with van der Waals surface area (Å²) >= 11 is 0. The molecule has 0 N–H and O–H groups in total. The van der Waals surface area contributed by atoms with Crippen molar-refractivity contribution in [3.05, 3.63) is 60.7 Å². The zero-order chi connectivity index (χ0) is 20.4. The summed E-state index contributed by atoms with van der Waals surface area (Å²) in [7, 11) is -5.91. The van der Waals surface area contributed by atoms with Gasteiger partial charge >= 0.3 is 0 Å². The molecule has 0 saturated heterocycles. The van der Waals surface area contributed by atoms with Crippen molar-refractivity contribution in [2.45, 2.75) is 32.2 Å². The van der Waals surface area contributed by atoms with Crippen LogP contribution in [0.3, 0.4) is 0 Å². The summed E-state index contributed by atoms with van der Waals surface area (Å²) in [6.45, 7) is 7.67. The molecule has 2 aromatic carbocycles. The highest BCUT2D eigenvalue weighted by atomic mass is 32.2. The van der Waals surface area contributed by atoms with E-state index in [2.05, 4.69) is 69.3 Å². The van der Waals surface area contributed by atoms with E-state index in [-0.39, 0.29) is 17.6 Å². The number of rotatable bonds is 8. The van der Waals surface area contributed by atoms with Gasteiger partial charge in [0, 0.05) is 6.61 Å². The predicted octanol–water partition coefficient (Wildman–Crippen LogP) is 3.18. The minimum Gasteiger partial charge on any atom is -0.407 e. The van der Waals surface area contributed by atoms with Gasteiger partial charge in [-0.3, -0.25) is 4.18 Å². The van der Waals surface area contributed by atoms with Gasteiger partial charge in [0.2, 0.25) is 0 Å². The van der Waals surface area contributed by atoms with E-state index in [0.717, 1.165) is 12.7 Å². The quantitative estimate of drug-likeness (QED) is 0.488. The zero-order valence-corrected chi connectivity index (χ0v) is 18.9. The van der Waals surface area contributed by atoms with Gasteiger partial charge in [-0.25, -0.2) is 0 Å². The molecule has 0 amide bonds. The van der Waals surface area contributed by atoms with Gasteiger partial charge in [0.25, 0.3) is 18.4 Å². The van der Waals surface area contributed by atoms with Gasteiger partial charge in [0.15, 0.2) is 0 Å². The van der Waals surface area contributed by atoms with Gasteiger partial charge in [0.05, 0.1) is 12.9 Å². The van der Waals surface area contributed by atoms with Gasteiger partial charge in [0.1, 0.15) is 0 Å². The Morgan fingerprint density at radius 1 is 0.893 bits per heavy atom. The second-order valence-electron chi connectivity index (χ2n) is 8.72. The monoisotopic (exact) mass is 418 g/mol. The molecular formula is C22H30O4SSi. The first-order valence-electron chi connectivity index (χ1n) is 9.73. The van der Waals surface area contributed by atoms with Crippen LogP contribution in [0.1, 0.15) is 27.2 Å². The van der Waals surface area contributed by atoms with Crippen molar-refractivity contribution in [2.75, 3.05) is 19.5 Å². The van der Waals surface area contributed by atoms with Crippen LogP contribution in [0, 0.1) is 11.8 Å². The Labute approximate surface area is 170 Å². The molecule has 152 valence electrons. The molecule has 0 aromatic heterocycles. The topological polar surface area (TPSA) is 52.6 Å². The molecule has 28 heavy (non-hydrogen) atoms. The van der Waals surface area contributed by atoms with Crippen LogP contribution >= 0.6 is 0 Å². The summed E-state index contributed by atoms with van der Waals surface area (Å²) in [5.74, 6) is 0.608. The minimum absolute atomic E-state index is 0.0522. The fourth-order valence-corrected chi connectivity index (χ4v) is 8.96. The third kappa shape index (κ3) is 4.74. The molecule has 0 spiro atoms. The summed E-state index contributed by atoms with van der Waals surface area (Å²) in [6.07, 6.45) is 2.05. The molecular weight excluding hydrogens is 388 g/mol. The summed E-state index contributed by atoms with van der Waals surface area (Å²) in [6, 6.07) is 21.1. The van der Waals surface area contributed by atoms with Crippen molar-refractivity contribution in [2.24, 2.45) is 11.8 Å². The average Bonchev–Trinajstić information content (AvgIpc) is 3.39. The van der Waals surface area contributed by atoms with Crippen LogP contribution < -0.4 is 10.4 Å². The van der Waals surface area contributed by atoms with Gasteiger partial charge < -0.3 is 4.43 Å². The van der Waals surface area contributed by atoms with Crippen LogP contribution in [0.2, 0.25) is 5.04 Å². The normalized spacial score (nSPS) is 20.1. The summed E-state index contributed by atoms with van der Waals surface area (Å²) in [5, 5.41) is 2.47. The fourth-order valence-electron chi connectivity index (χ4n) is 3.92. The largest absolute Gasteiger partial charge is 0.407 e. The Hall–Kier alpha value is -1.47.